The molecule has 32 heavy (non-hydrogen) atoms. The van der Waals surface area contributed by atoms with Gasteiger partial charge in [-0.1, -0.05) is 17.7 Å². The summed E-state index contributed by atoms with van der Waals surface area (Å²) in [5, 5.41) is 11.7. The molecule has 3 rings (SSSR count). The zero-order valence-electron chi connectivity index (χ0n) is 16.6. The lowest BCUT2D eigenvalue weighted by molar-refractivity contribution is -0.127. The molecule has 1 heterocycles. The number of phenols is 1. The Morgan fingerprint density at radius 3 is 2.69 bits per heavy atom. The molecule has 2 N–H and O–H groups in total. The topological polar surface area (TPSA) is 113 Å². The van der Waals surface area contributed by atoms with Crippen molar-refractivity contribution in [2.45, 2.75) is 6.92 Å². The van der Waals surface area contributed by atoms with Crippen molar-refractivity contribution in [1.29, 1.82) is 0 Å². The van der Waals surface area contributed by atoms with Crippen LogP contribution in [0.1, 0.15) is 22.8 Å². The van der Waals surface area contributed by atoms with E-state index in [1.54, 1.807) is 19.1 Å². The van der Waals surface area contributed by atoms with Crippen LogP contribution in [0.4, 0.5) is 10.5 Å². The molecule has 1 saturated heterocycles. The highest BCUT2D eigenvalue weighted by Gasteiger charge is 2.36. The number of nitrogens with one attached hydrogen (secondary N) is 1. The van der Waals surface area contributed by atoms with Crippen molar-refractivity contribution in [3.05, 3.63) is 61.0 Å². The van der Waals surface area contributed by atoms with Crippen molar-refractivity contribution in [1.82, 2.24) is 4.90 Å². The van der Waals surface area contributed by atoms with Crippen LogP contribution < -0.4 is 5.32 Å². The minimum Gasteiger partial charge on any atom is -0.507 e. The molecule has 0 unspecified atom stereocenters. The van der Waals surface area contributed by atoms with Crippen LogP contribution in [0.25, 0.3) is 6.08 Å². The molecule has 166 valence electrons. The number of carbonyl (C=O) groups excluding carboxylic acids is 4. The van der Waals surface area contributed by atoms with E-state index < -0.39 is 29.6 Å². The van der Waals surface area contributed by atoms with Crippen LogP contribution in [0.3, 0.4) is 0 Å². The van der Waals surface area contributed by atoms with Gasteiger partial charge in [0.1, 0.15) is 12.3 Å². The fourth-order valence-electron chi connectivity index (χ4n) is 2.71. The van der Waals surface area contributed by atoms with Crippen molar-refractivity contribution in [2.24, 2.45) is 0 Å². The third-order valence-corrected chi connectivity index (χ3v) is 6.29. The van der Waals surface area contributed by atoms with Gasteiger partial charge in [-0.25, -0.2) is 4.79 Å². The number of nitrogens with zero attached hydrogens (tertiary/aromatic N) is 1. The highest BCUT2D eigenvalue weighted by atomic mass is 127. The number of anilines is 1. The van der Waals surface area contributed by atoms with Gasteiger partial charge in [-0.05, 0) is 83.2 Å². The zero-order valence-corrected chi connectivity index (χ0v) is 20.3. The van der Waals surface area contributed by atoms with E-state index in [1.807, 2.05) is 22.6 Å². The Labute approximate surface area is 206 Å². The summed E-state index contributed by atoms with van der Waals surface area (Å²) in [6, 6.07) is 9.05. The number of halogens is 2. The second-order valence-corrected chi connectivity index (χ2v) is 9.00. The van der Waals surface area contributed by atoms with Gasteiger partial charge in [0.25, 0.3) is 11.1 Å². The number of imide groups is 1. The molecule has 2 aromatic carbocycles. The van der Waals surface area contributed by atoms with E-state index in [1.165, 1.54) is 30.3 Å². The standard InChI is InChI=1S/C21H16ClIN2O6S/c1-2-31-20(29)13-9-12(4-5-14(13)22)24-18(27)10-25-19(28)17(32-21(25)30)8-11-3-6-16(26)15(23)7-11/h3-9,26H,2,10H2,1H3,(H,24,27)/b17-8-. The molecule has 0 atom stereocenters. The fraction of sp³-hybridized carbons (Fsp3) is 0.143. The van der Waals surface area contributed by atoms with Gasteiger partial charge < -0.3 is 15.2 Å². The van der Waals surface area contributed by atoms with Crippen molar-refractivity contribution < 1.29 is 29.0 Å². The molecule has 0 bridgehead atoms. The van der Waals surface area contributed by atoms with Crippen LogP contribution in [0.2, 0.25) is 5.02 Å². The first kappa shape index (κ1) is 24.1. The second-order valence-electron chi connectivity index (χ2n) is 6.44. The first-order chi connectivity index (χ1) is 15.2. The van der Waals surface area contributed by atoms with Gasteiger partial charge >= 0.3 is 5.97 Å². The summed E-state index contributed by atoms with van der Waals surface area (Å²) in [4.78, 5) is 50.3. The number of benzene rings is 2. The number of thioether (sulfide) groups is 1. The summed E-state index contributed by atoms with van der Waals surface area (Å²) in [5.74, 6) is -1.74. The molecule has 0 radical (unpaired) electrons. The molecular formula is C21H16ClIN2O6S. The zero-order chi connectivity index (χ0) is 23.4. The van der Waals surface area contributed by atoms with Gasteiger partial charge in [0.05, 0.1) is 25.7 Å². The van der Waals surface area contributed by atoms with Crippen LogP contribution in [0.5, 0.6) is 5.75 Å². The van der Waals surface area contributed by atoms with Gasteiger partial charge in [0.15, 0.2) is 0 Å². The Bertz CT molecular complexity index is 1150. The average Bonchev–Trinajstić information content (AvgIpc) is 2.99. The average molecular weight is 587 g/mol. The van der Waals surface area contributed by atoms with Crippen LogP contribution in [0, 0.1) is 3.57 Å². The summed E-state index contributed by atoms with van der Waals surface area (Å²) < 4.78 is 5.52. The molecule has 0 saturated carbocycles. The molecule has 2 aromatic rings. The molecule has 1 aliphatic heterocycles. The Morgan fingerprint density at radius 1 is 1.25 bits per heavy atom. The Morgan fingerprint density at radius 2 is 2.00 bits per heavy atom. The third kappa shape index (κ3) is 5.61. The van der Waals surface area contributed by atoms with Gasteiger partial charge in [0.2, 0.25) is 5.91 Å². The van der Waals surface area contributed by atoms with E-state index in [0.717, 1.165) is 16.7 Å². The van der Waals surface area contributed by atoms with Crippen LogP contribution in [0.15, 0.2) is 41.3 Å². The second kappa shape index (κ2) is 10.4. The Balaban J connectivity index is 1.70. The maximum atomic E-state index is 12.6. The number of phenolic OH excluding ortho intramolecular Hbond substituents is 1. The number of amides is 3. The summed E-state index contributed by atoms with van der Waals surface area (Å²) in [6.07, 6.45) is 1.52. The molecule has 0 spiro atoms. The van der Waals surface area contributed by atoms with Crippen LogP contribution in [-0.4, -0.2) is 46.2 Å². The largest absolute Gasteiger partial charge is 0.507 e. The first-order valence-corrected chi connectivity index (χ1v) is 11.5. The van der Waals surface area contributed by atoms with Crippen LogP contribution in [-0.2, 0) is 14.3 Å². The van der Waals surface area contributed by atoms with E-state index in [-0.39, 0.29) is 33.5 Å². The number of carbonyl (C=O) groups is 4. The Kier molecular flexibility index (Phi) is 7.80. The van der Waals surface area contributed by atoms with Crippen molar-refractivity contribution in [3.63, 3.8) is 0 Å². The fourth-order valence-corrected chi connectivity index (χ4v) is 4.29. The molecule has 1 fully saturated rings. The number of hydrogen-bond donors (Lipinski definition) is 2. The normalized spacial score (nSPS) is 14.7. The van der Waals surface area contributed by atoms with E-state index in [9.17, 15) is 24.3 Å². The molecule has 3 amide bonds. The molecule has 0 aliphatic carbocycles. The van der Waals surface area contributed by atoms with E-state index >= 15 is 0 Å². The summed E-state index contributed by atoms with van der Waals surface area (Å²) in [7, 11) is 0. The highest BCUT2D eigenvalue weighted by Crippen LogP contribution is 2.33. The summed E-state index contributed by atoms with van der Waals surface area (Å²) in [6.45, 7) is 1.33. The first-order valence-electron chi connectivity index (χ1n) is 9.20. The minimum atomic E-state index is -0.631. The summed E-state index contributed by atoms with van der Waals surface area (Å²) >= 11 is 8.68. The number of rotatable bonds is 6. The van der Waals surface area contributed by atoms with Crippen molar-refractivity contribution in [3.8, 4) is 5.75 Å². The lowest BCUT2D eigenvalue weighted by Crippen LogP contribution is -2.36. The lowest BCUT2D eigenvalue weighted by Gasteiger charge is -2.13. The van der Waals surface area contributed by atoms with Gasteiger partial charge in [-0.15, -0.1) is 0 Å². The summed E-state index contributed by atoms with van der Waals surface area (Å²) in [5.41, 5.74) is 0.988. The number of ether oxygens (including phenoxy) is 1. The van der Waals surface area contributed by atoms with Gasteiger partial charge in [-0.2, -0.15) is 0 Å². The molecular weight excluding hydrogens is 571 g/mol. The number of hydrogen-bond acceptors (Lipinski definition) is 7. The predicted molar refractivity (Wildman–Crippen MR) is 130 cm³/mol. The van der Waals surface area contributed by atoms with E-state index in [0.29, 0.717) is 9.13 Å². The number of esters is 1. The number of aromatic hydroxyl groups is 1. The van der Waals surface area contributed by atoms with E-state index in [2.05, 4.69) is 5.32 Å². The SMILES string of the molecule is CCOC(=O)c1cc(NC(=O)CN2C(=O)S/C(=C\c3ccc(O)c(I)c3)C2=O)ccc1Cl. The predicted octanol–water partition coefficient (Wildman–Crippen LogP) is 4.50. The van der Waals surface area contributed by atoms with Gasteiger partial charge in [0, 0.05) is 5.69 Å². The lowest BCUT2D eigenvalue weighted by atomic mass is 10.2. The van der Waals surface area contributed by atoms with Crippen molar-refractivity contribution in [2.75, 3.05) is 18.5 Å². The molecule has 11 heteroatoms. The highest BCUT2D eigenvalue weighted by molar-refractivity contribution is 14.1. The maximum absolute atomic E-state index is 12.6. The van der Waals surface area contributed by atoms with Gasteiger partial charge in [-0.3, -0.25) is 19.3 Å². The van der Waals surface area contributed by atoms with Crippen LogP contribution >= 0.6 is 46.0 Å². The monoisotopic (exact) mass is 586 g/mol. The van der Waals surface area contributed by atoms with Crippen molar-refractivity contribution >= 4 is 80.7 Å². The van der Waals surface area contributed by atoms with E-state index in [4.69, 9.17) is 16.3 Å². The molecule has 8 nitrogen and oxygen atoms in total. The minimum absolute atomic E-state index is 0.0870. The molecule has 1 aliphatic rings. The maximum Gasteiger partial charge on any atom is 0.339 e. The molecule has 0 aromatic heterocycles. The quantitative estimate of drug-likeness (QED) is 0.291. The third-order valence-electron chi connectivity index (χ3n) is 4.19. The Hall–Kier alpha value is -2.57. The smallest absolute Gasteiger partial charge is 0.339 e.